The number of nitrogens with zero attached hydrogens (tertiary/aromatic N) is 2. The fraction of sp³-hybridized carbons (Fsp3) is 0.500. The van der Waals surface area contributed by atoms with Crippen LogP contribution in [0.4, 0.5) is 0 Å². The lowest BCUT2D eigenvalue weighted by molar-refractivity contribution is -0.136. The number of carbonyl (C=O) groups excluding carboxylic acids is 1. The summed E-state index contributed by atoms with van der Waals surface area (Å²) in [5, 5.41) is 2.95. The van der Waals surface area contributed by atoms with E-state index in [1.54, 1.807) is 11.3 Å². The van der Waals surface area contributed by atoms with Crippen LogP contribution in [0.2, 0.25) is 0 Å². The summed E-state index contributed by atoms with van der Waals surface area (Å²) in [6.45, 7) is 13.1. The topological polar surface area (TPSA) is 42.4 Å². The van der Waals surface area contributed by atoms with Crippen LogP contribution in [0.3, 0.4) is 0 Å². The lowest BCUT2D eigenvalue weighted by atomic mass is 10.1. The molecule has 0 N–H and O–H groups in total. The van der Waals surface area contributed by atoms with Gasteiger partial charge in [-0.3, -0.25) is 4.79 Å². The number of aryl methyl sites for hydroxylation is 1. The smallest absolute Gasteiger partial charge is 0.225 e. The highest BCUT2D eigenvalue weighted by Crippen LogP contribution is 2.23. The first kappa shape index (κ1) is 19.4. The van der Waals surface area contributed by atoms with Gasteiger partial charge in [-0.25, -0.2) is 4.98 Å². The Morgan fingerprint density at radius 3 is 2.60 bits per heavy atom. The molecule has 0 saturated carbocycles. The summed E-state index contributed by atoms with van der Waals surface area (Å²) in [5.41, 5.74) is 3.30. The molecule has 1 aromatic carbocycles. The van der Waals surface area contributed by atoms with E-state index in [9.17, 15) is 4.79 Å². The second-order valence-corrected chi connectivity index (χ2v) is 7.88. The van der Waals surface area contributed by atoms with Crippen LogP contribution in [0.15, 0.2) is 23.6 Å². The van der Waals surface area contributed by atoms with Gasteiger partial charge in [-0.2, -0.15) is 0 Å². The molecule has 2 aromatic rings. The lowest BCUT2D eigenvalue weighted by Crippen LogP contribution is -2.39. The molecule has 136 valence electrons. The fourth-order valence-electron chi connectivity index (χ4n) is 2.53. The molecule has 0 atom stereocenters. The summed E-state index contributed by atoms with van der Waals surface area (Å²) in [6, 6.07) is 6.23. The van der Waals surface area contributed by atoms with Crippen LogP contribution in [-0.4, -0.2) is 21.8 Å². The number of amides is 1. The minimum atomic E-state index is -0.00636. The van der Waals surface area contributed by atoms with Gasteiger partial charge in [-0.15, -0.1) is 11.3 Å². The molecule has 2 rings (SSSR count). The molecule has 0 saturated heterocycles. The average molecular weight is 361 g/mol. The summed E-state index contributed by atoms with van der Waals surface area (Å²) in [6.07, 6.45) is 0. The van der Waals surface area contributed by atoms with Crippen molar-refractivity contribution >= 4 is 17.2 Å². The summed E-state index contributed by atoms with van der Waals surface area (Å²) in [4.78, 5) is 18.9. The average Bonchev–Trinajstić information content (AvgIpc) is 3.00. The number of thiazole rings is 1. The van der Waals surface area contributed by atoms with E-state index >= 15 is 0 Å². The first-order valence-corrected chi connectivity index (χ1v) is 9.60. The third-order valence-electron chi connectivity index (χ3n) is 4.24. The number of hydrogen-bond donors (Lipinski definition) is 0. The Hall–Kier alpha value is -1.88. The highest BCUT2D eigenvalue weighted by atomic mass is 32.1. The summed E-state index contributed by atoms with van der Waals surface area (Å²) in [5.74, 6) is 1.06. The molecule has 0 fully saturated rings. The molecule has 4 nitrogen and oxygen atoms in total. The SMILES string of the molecule is Cc1cccc(OCc2nc(CN(C(=O)C(C)C)C(C)C)cs2)c1C. The van der Waals surface area contributed by atoms with Crippen molar-refractivity contribution in [2.24, 2.45) is 5.92 Å². The standard InChI is InChI=1S/C20H28N2O2S/c1-13(2)20(23)22(14(3)4)10-17-12-25-19(21-17)11-24-18-9-7-8-15(5)16(18)6/h7-9,12-14H,10-11H2,1-6H3. The number of carbonyl (C=O) groups is 1. The first-order valence-electron chi connectivity index (χ1n) is 8.72. The molecule has 0 aliphatic heterocycles. The molecule has 0 bridgehead atoms. The Labute approximate surface area is 154 Å². The first-order chi connectivity index (χ1) is 11.8. The maximum atomic E-state index is 12.4. The minimum Gasteiger partial charge on any atom is -0.486 e. The second-order valence-electron chi connectivity index (χ2n) is 6.93. The van der Waals surface area contributed by atoms with Gasteiger partial charge in [0.05, 0.1) is 12.2 Å². The van der Waals surface area contributed by atoms with E-state index in [0.29, 0.717) is 13.2 Å². The fourth-order valence-corrected chi connectivity index (χ4v) is 3.23. The van der Waals surface area contributed by atoms with Crippen LogP contribution in [-0.2, 0) is 17.9 Å². The van der Waals surface area contributed by atoms with Crippen LogP contribution in [0.25, 0.3) is 0 Å². The van der Waals surface area contributed by atoms with E-state index in [1.807, 2.05) is 50.1 Å². The highest BCUT2D eigenvalue weighted by Gasteiger charge is 2.21. The molecule has 0 unspecified atom stereocenters. The number of aromatic nitrogens is 1. The zero-order chi connectivity index (χ0) is 18.6. The largest absolute Gasteiger partial charge is 0.486 e. The molecule has 0 spiro atoms. The number of ether oxygens (including phenoxy) is 1. The third kappa shape index (κ3) is 5.05. The van der Waals surface area contributed by atoms with E-state index in [-0.39, 0.29) is 17.9 Å². The van der Waals surface area contributed by atoms with E-state index in [0.717, 1.165) is 22.0 Å². The normalized spacial score (nSPS) is 11.2. The molecule has 1 heterocycles. The third-order valence-corrected chi connectivity index (χ3v) is 5.11. The Kier molecular flexibility index (Phi) is 6.59. The van der Waals surface area contributed by atoms with Gasteiger partial charge in [0.1, 0.15) is 17.4 Å². The van der Waals surface area contributed by atoms with Crippen molar-refractivity contribution in [3.8, 4) is 5.75 Å². The number of benzene rings is 1. The van der Waals surface area contributed by atoms with Crippen LogP contribution >= 0.6 is 11.3 Å². The van der Waals surface area contributed by atoms with Gasteiger partial charge in [0, 0.05) is 17.3 Å². The maximum absolute atomic E-state index is 12.4. The van der Waals surface area contributed by atoms with Crippen molar-refractivity contribution in [1.29, 1.82) is 0 Å². The summed E-state index contributed by atoms with van der Waals surface area (Å²) in [7, 11) is 0. The monoisotopic (exact) mass is 360 g/mol. The van der Waals surface area contributed by atoms with Gasteiger partial charge < -0.3 is 9.64 Å². The Balaban J connectivity index is 2.02. The van der Waals surface area contributed by atoms with Crippen LogP contribution in [0.1, 0.15) is 49.5 Å². The molecule has 1 amide bonds. The van der Waals surface area contributed by atoms with Crippen molar-refractivity contribution in [1.82, 2.24) is 9.88 Å². The van der Waals surface area contributed by atoms with Crippen LogP contribution < -0.4 is 4.74 Å². The quantitative estimate of drug-likeness (QED) is 0.717. The zero-order valence-electron chi connectivity index (χ0n) is 16.0. The molecule has 0 aliphatic carbocycles. The summed E-state index contributed by atoms with van der Waals surface area (Å²) < 4.78 is 5.92. The van der Waals surface area contributed by atoms with Crippen LogP contribution in [0, 0.1) is 19.8 Å². The van der Waals surface area contributed by atoms with Crippen LogP contribution in [0.5, 0.6) is 5.75 Å². The molecular weight excluding hydrogens is 332 g/mol. The molecule has 0 aliphatic rings. The Morgan fingerprint density at radius 2 is 1.96 bits per heavy atom. The minimum absolute atomic E-state index is 0.00636. The van der Waals surface area contributed by atoms with Gasteiger partial charge in [0.15, 0.2) is 0 Å². The van der Waals surface area contributed by atoms with E-state index in [2.05, 4.69) is 24.9 Å². The molecule has 0 radical (unpaired) electrons. The molecule has 1 aromatic heterocycles. The van der Waals surface area contributed by atoms with E-state index in [4.69, 9.17) is 4.74 Å². The highest BCUT2D eigenvalue weighted by molar-refractivity contribution is 7.09. The predicted molar refractivity (Wildman–Crippen MR) is 103 cm³/mol. The van der Waals surface area contributed by atoms with Crippen molar-refractivity contribution in [3.63, 3.8) is 0 Å². The predicted octanol–water partition coefficient (Wildman–Crippen LogP) is 4.73. The number of hydrogen-bond acceptors (Lipinski definition) is 4. The van der Waals surface area contributed by atoms with Gasteiger partial charge in [0.2, 0.25) is 5.91 Å². The summed E-state index contributed by atoms with van der Waals surface area (Å²) >= 11 is 1.58. The second kappa shape index (κ2) is 8.48. The molecule has 5 heteroatoms. The van der Waals surface area contributed by atoms with E-state index in [1.165, 1.54) is 5.56 Å². The zero-order valence-corrected chi connectivity index (χ0v) is 16.8. The van der Waals surface area contributed by atoms with Crippen molar-refractivity contribution in [2.75, 3.05) is 0 Å². The van der Waals surface area contributed by atoms with Gasteiger partial charge >= 0.3 is 0 Å². The maximum Gasteiger partial charge on any atom is 0.225 e. The van der Waals surface area contributed by atoms with E-state index < -0.39 is 0 Å². The van der Waals surface area contributed by atoms with Crippen molar-refractivity contribution in [2.45, 2.75) is 60.7 Å². The van der Waals surface area contributed by atoms with Gasteiger partial charge in [0.25, 0.3) is 0 Å². The van der Waals surface area contributed by atoms with Crippen molar-refractivity contribution in [3.05, 3.63) is 45.4 Å². The lowest BCUT2D eigenvalue weighted by Gasteiger charge is -2.27. The Bertz CT molecular complexity index is 722. The molecular formula is C20H28N2O2S. The van der Waals surface area contributed by atoms with Gasteiger partial charge in [-0.05, 0) is 44.9 Å². The Morgan fingerprint density at radius 1 is 1.24 bits per heavy atom. The number of rotatable bonds is 7. The van der Waals surface area contributed by atoms with Crippen molar-refractivity contribution < 1.29 is 9.53 Å². The van der Waals surface area contributed by atoms with Gasteiger partial charge in [-0.1, -0.05) is 26.0 Å². The molecule has 25 heavy (non-hydrogen) atoms.